The van der Waals surface area contributed by atoms with E-state index in [9.17, 15) is 13.2 Å². The molecule has 1 aromatic carbocycles. The molecule has 0 amide bonds. The number of hydrogen-bond acceptors (Lipinski definition) is 5. The topological polar surface area (TPSA) is 63.7 Å². The van der Waals surface area contributed by atoms with Gasteiger partial charge in [-0.3, -0.25) is 9.69 Å². The maximum atomic E-state index is 11.8. The van der Waals surface area contributed by atoms with Crippen molar-refractivity contribution >= 4 is 34.1 Å². The number of carbonyl (C=O) groups excluding carboxylic acids is 1. The fourth-order valence-corrected chi connectivity index (χ4v) is 2.82. The Kier molecular flexibility index (Phi) is 7.91. The van der Waals surface area contributed by atoms with Gasteiger partial charge in [0.2, 0.25) is 0 Å². The first-order valence-corrected chi connectivity index (χ1v) is 9.15. The molecule has 1 aliphatic rings. The summed E-state index contributed by atoms with van der Waals surface area (Å²) >= 11 is 0. The van der Waals surface area contributed by atoms with Crippen molar-refractivity contribution < 1.29 is 17.9 Å². The summed E-state index contributed by atoms with van der Waals surface area (Å²) in [7, 11) is -3.18. The van der Waals surface area contributed by atoms with Crippen LogP contribution in [-0.4, -0.2) is 58.2 Å². The van der Waals surface area contributed by atoms with E-state index in [1.165, 1.54) is 6.26 Å². The number of benzene rings is 1. The number of carbonyl (C=O) groups is 1. The molecular weight excluding hydrogens is 338 g/mol. The van der Waals surface area contributed by atoms with E-state index in [2.05, 4.69) is 4.90 Å². The molecule has 1 fully saturated rings. The summed E-state index contributed by atoms with van der Waals surface area (Å²) in [5.74, 6) is 0.0682. The van der Waals surface area contributed by atoms with Crippen molar-refractivity contribution in [2.45, 2.75) is 11.3 Å². The van der Waals surface area contributed by atoms with Crippen LogP contribution in [0.25, 0.3) is 6.08 Å². The van der Waals surface area contributed by atoms with Crippen LogP contribution < -0.4 is 0 Å². The van der Waals surface area contributed by atoms with Crippen molar-refractivity contribution in [3.8, 4) is 0 Å². The molecule has 0 unspecified atom stereocenters. The fourth-order valence-electron chi connectivity index (χ4n) is 2.19. The number of ether oxygens (including phenoxy) is 1. The van der Waals surface area contributed by atoms with E-state index in [4.69, 9.17) is 4.74 Å². The third-order valence-electron chi connectivity index (χ3n) is 3.55. The molecule has 0 bridgehead atoms. The molecule has 1 saturated heterocycles. The highest BCUT2D eigenvalue weighted by atomic mass is 35.5. The SMILES string of the molecule is CS(=O)(=O)c1ccc(/C=C/C(=O)CCN2CCOCC2)cc1.Cl. The van der Waals surface area contributed by atoms with E-state index in [-0.39, 0.29) is 23.1 Å². The lowest BCUT2D eigenvalue weighted by Gasteiger charge is -2.25. The molecule has 1 aromatic rings. The second-order valence-electron chi connectivity index (χ2n) is 5.34. The van der Waals surface area contributed by atoms with Gasteiger partial charge in [-0.25, -0.2) is 8.42 Å². The van der Waals surface area contributed by atoms with Crippen LogP contribution in [0.2, 0.25) is 0 Å². The van der Waals surface area contributed by atoms with E-state index >= 15 is 0 Å². The van der Waals surface area contributed by atoms with Crippen molar-refractivity contribution in [3.05, 3.63) is 35.9 Å². The predicted molar refractivity (Wildman–Crippen MR) is 92.7 cm³/mol. The summed E-state index contributed by atoms with van der Waals surface area (Å²) in [5, 5.41) is 0. The molecule has 5 nitrogen and oxygen atoms in total. The third-order valence-corrected chi connectivity index (χ3v) is 4.68. The van der Waals surface area contributed by atoms with Gasteiger partial charge in [-0.15, -0.1) is 12.4 Å². The van der Waals surface area contributed by atoms with Gasteiger partial charge < -0.3 is 4.74 Å². The van der Waals surface area contributed by atoms with Crippen LogP contribution in [0.5, 0.6) is 0 Å². The first-order valence-electron chi connectivity index (χ1n) is 7.26. The number of hydrogen-bond donors (Lipinski definition) is 0. The van der Waals surface area contributed by atoms with Crippen molar-refractivity contribution in [2.24, 2.45) is 0 Å². The van der Waals surface area contributed by atoms with E-state index < -0.39 is 9.84 Å². The Bertz CT molecular complexity index is 635. The van der Waals surface area contributed by atoms with E-state index in [1.54, 1.807) is 36.4 Å². The zero-order chi connectivity index (χ0) is 16.0. The lowest BCUT2D eigenvalue weighted by atomic mass is 10.1. The van der Waals surface area contributed by atoms with Gasteiger partial charge in [-0.05, 0) is 23.8 Å². The Labute approximate surface area is 143 Å². The molecule has 128 valence electrons. The summed E-state index contributed by atoms with van der Waals surface area (Å²) in [4.78, 5) is 14.3. The third kappa shape index (κ3) is 6.83. The standard InChI is InChI=1S/C16H21NO4S.ClH/c1-22(19,20)16-6-3-14(4-7-16)2-5-15(18)8-9-17-10-12-21-13-11-17;/h2-7H,8-13H2,1H3;1H/b5-2+;. The van der Waals surface area contributed by atoms with Crippen LogP contribution in [-0.2, 0) is 19.4 Å². The van der Waals surface area contributed by atoms with Crippen LogP contribution >= 0.6 is 12.4 Å². The molecule has 0 saturated carbocycles. The smallest absolute Gasteiger partial charge is 0.175 e. The van der Waals surface area contributed by atoms with Gasteiger partial charge in [0.15, 0.2) is 15.6 Å². The van der Waals surface area contributed by atoms with Crippen LogP contribution in [0, 0.1) is 0 Å². The molecule has 0 aromatic heterocycles. The highest BCUT2D eigenvalue weighted by Gasteiger charge is 2.10. The van der Waals surface area contributed by atoms with Gasteiger partial charge in [0.1, 0.15) is 0 Å². The first kappa shape index (κ1) is 19.8. The maximum Gasteiger partial charge on any atom is 0.175 e. The first-order chi connectivity index (χ1) is 10.4. The number of sulfone groups is 1. The van der Waals surface area contributed by atoms with Crippen LogP contribution in [0.15, 0.2) is 35.2 Å². The Balaban J connectivity index is 0.00000264. The molecule has 2 rings (SSSR count). The van der Waals surface area contributed by atoms with Crippen molar-refractivity contribution in [2.75, 3.05) is 39.1 Å². The Morgan fingerprint density at radius 3 is 2.39 bits per heavy atom. The Hall–Kier alpha value is -1.21. The minimum atomic E-state index is -3.18. The van der Waals surface area contributed by atoms with E-state index in [0.29, 0.717) is 6.42 Å². The molecular formula is C16H22ClNO4S. The number of rotatable bonds is 6. The number of nitrogens with zero attached hydrogens (tertiary/aromatic N) is 1. The van der Waals surface area contributed by atoms with Gasteiger partial charge in [0.25, 0.3) is 0 Å². The summed E-state index contributed by atoms with van der Waals surface area (Å²) < 4.78 is 28.0. The molecule has 0 aliphatic carbocycles. The van der Waals surface area contributed by atoms with Crippen LogP contribution in [0.1, 0.15) is 12.0 Å². The fraction of sp³-hybridized carbons (Fsp3) is 0.438. The highest BCUT2D eigenvalue weighted by molar-refractivity contribution is 7.90. The molecule has 23 heavy (non-hydrogen) atoms. The Morgan fingerprint density at radius 2 is 1.83 bits per heavy atom. The number of morpholine rings is 1. The molecule has 1 heterocycles. The molecule has 0 atom stereocenters. The molecule has 7 heteroatoms. The zero-order valence-electron chi connectivity index (χ0n) is 13.1. The normalized spacial score (nSPS) is 16.2. The molecule has 0 N–H and O–H groups in total. The predicted octanol–water partition coefficient (Wildman–Crippen LogP) is 1.82. The quantitative estimate of drug-likeness (QED) is 0.725. The monoisotopic (exact) mass is 359 g/mol. The lowest BCUT2D eigenvalue weighted by molar-refractivity contribution is -0.115. The average molecular weight is 360 g/mol. The minimum Gasteiger partial charge on any atom is -0.379 e. The van der Waals surface area contributed by atoms with E-state index in [0.717, 1.165) is 38.4 Å². The maximum absolute atomic E-state index is 11.8. The van der Waals surface area contributed by atoms with Gasteiger partial charge in [-0.2, -0.15) is 0 Å². The van der Waals surface area contributed by atoms with Crippen molar-refractivity contribution in [1.82, 2.24) is 4.90 Å². The minimum absolute atomic E-state index is 0. The van der Waals surface area contributed by atoms with Crippen molar-refractivity contribution in [1.29, 1.82) is 0 Å². The second-order valence-corrected chi connectivity index (χ2v) is 7.36. The van der Waals surface area contributed by atoms with Gasteiger partial charge >= 0.3 is 0 Å². The summed E-state index contributed by atoms with van der Waals surface area (Å²) in [6.45, 7) is 3.97. The molecule has 0 spiro atoms. The highest BCUT2D eigenvalue weighted by Crippen LogP contribution is 2.11. The Morgan fingerprint density at radius 1 is 1.22 bits per heavy atom. The summed E-state index contributed by atoms with van der Waals surface area (Å²) in [6, 6.07) is 6.49. The van der Waals surface area contributed by atoms with Gasteiger partial charge in [0.05, 0.1) is 18.1 Å². The number of ketones is 1. The largest absolute Gasteiger partial charge is 0.379 e. The number of halogens is 1. The zero-order valence-corrected chi connectivity index (χ0v) is 14.7. The molecule has 0 radical (unpaired) electrons. The summed E-state index contributed by atoms with van der Waals surface area (Å²) in [6.07, 6.45) is 4.93. The van der Waals surface area contributed by atoms with Crippen LogP contribution in [0.4, 0.5) is 0 Å². The average Bonchev–Trinajstić information content (AvgIpc) is 2.51. The lowest BCUT2D eigenvalue weighted by Crippen LogP contribution is -2.37. The summed E-state index contributed by atoms with van der Waals surface area (Å²) in [5.41, 5.74) is 0.812. The van der Waals surface area contributed by atoms with E-state index in [1.807, 2.05) is 0 Å². The molecule has 1 aliphatic heterocycles. The van der Waals surface area contributed by atoms with Crippen LogP contribution in [0.3, 0.4) is 0 Å². The van der Waals surface area contributed by atoms with Gasteiger partial charge in [0, 0.05) is 32.3 Å². The van der Waals surface area contributed by atoms with Gasteiger partial charge in [-0.1, -0.05) is 18.2 Å². The second kappa shape index (κ2) is 9.17. The van der Waals surface area contributed by atoms with Crippen molar-refractivity contribution in [3.63, 3.8) is 0 Å². The number of allylic oxidation sites excluding steroid dienone is 1.